The van der Waals surface area contributed by atoms with Crippen molar-refractivity contribution < 1.29 is 9.47 Å². The molecule has 1 fully saturated rings. The van der Waals surface area contributed by atoms with E-state index in [1.807, 2.05) is 34.6 Å². The highest BCUT2D eigenvalue weighted by atomic mass is 16.5. The fourth-order valence-corrected chi connectivity index (χ4v) is 3.64. The van der Waals surface area contributed by atoms with Crippen LogP contribution in [0.15, 0.2) is 43.0 Å². The number of anilines is 2. The Morgan fingerprint density at radius 1 is 1.13 bits per heavy atom. The van der Waals surface area contributed by atoms with Gasteiger partial charge >= 0.3 is 0 Å². The van der Waals surface area contributed by atoms with E-state index in [2.05, 4.69) is 43.5 Å². The fraction of sp³-hybridized carbons (Fsp3) is 0.333. The van der Waals surface area contributed by atoms with Gasteiger partial charge in [0.1, 0.15) is 18.1 Å². The molecule has 1 saturated heterocycles. The first kappa shape index (κ1) is 19.3. The van der Waals surface area contributed by atoms with Crippen molar-refractivity contribution in [2.24, 2.45) is 7.05 Å². The van der Waals surface area contributed by atoms with Crippen molar-refractivity contribution in [1.82, 2.24) is 34.3 Å². The van der Waals surface area contributed by atoms with Crippen LogP contribution in [0.1, 0.15) is 6.42 Å². The van der Waals surface area contributed by atoms with E-state index >= 15 is 0 Å². The SMILES string of the molecule is COc1cnc(Nc2cc3cc(-c4c(OC[C@H]5CCN5C)cnn4C)ccn3n2)cn1. The Hall–Kier alpha value is -3.66. The van der Waals surface area contributed by atoms with Crippen molar-refractivity contribution in [3.8, 4) is 22.9 Å². The van der Waals surface area contributed by atoms with Gasteiger partial charge in [-0.1, -0.05) is 0 Å². The zero-order chi connectivity index (χ0) is 21.4. The van der Waals surface area contributed by atoms with Gasteiger partial charge in [0.15, 0.2) is 11.6 Å². The summed E-state index contributed by atoms with van der Waals surface area (Å²) in [5.41, 5.74) is 2.90. The topological polar surface area (TPSA) is 94.6 Å². The molecular weight excluding hydrogens is 396 g/mol. The predicted molar refractivity (Wildman–Crippen MR) is 116 cm³/mol. The summed E-state index contributed by atoms with van der Waals surface area (Å²) >= 11 is 0. The second kappa shape index (κ2) is 7.88. The number of aryl methyl sites for hydroxylation is 1. The van der Waals surface area contributed by atoms with Gasteiger partial charge in [0, 0.05) is 30.9 Å². The van der Waals surface area contributed by atoms with Crippen LogP contribution >= 0.6 is 0 Å². The summed E-state index contributed by atoms with van der Waals surface area (Å²) in [5.74, 6) is 2.51. The van der Waals surface area contributed by atoms with Crippen molar-refractivity contribution in [2.75, 3.05) is 32.6 Å². The highest BCUT2D eigenvalue weighted by Crippen LogP contribution is 2.31. The number of ether oxygens (including phenoxy) is 2. The minimum atomic E-state index is 0.461. The smallest absolute Gasteiger partial charge is 0.232 e. The van der Waals surface area contributed by atoms with E-state index in [4.69, 9.17) is 9.47 Å². The molecule has 10 heteroatoms. The van der Waals surface area contributed by atoms with Gasteiger partial charge in [-0.3, -0.25) is 9.58 Å². The Labute approximate surface area is 179 Å². The molecule has 0 aliphatic carbocycles. The summed E-state index contributed by atoms with van der Waals surface area (Å²) in [4.78, 5) is 10.7. The first-order chi connectivity index (χ1) is 15.1. The Kier molecular flexibility index (Phi) is 4.91. The molecular formula is C21H24N8O2. The second-order valence-electron chi connectivity index (χ2n) is 7.60. The van der Waals surface area contributed by atoms with Crippen LogP contribution in [0.3, 0.4) is 0 Å². The van der Waals surface area contributed by atoms with E-state index in [9.17, 15) is 0 Å². The van der Waals surface area contributed by atoms with Crippen LogP contribution in [0.4, 0.5) is 11.6 Å². The Morgan fingerprint density at radius 3 is 2.74 bits per heavy atom. The molecule has 5 heterocycles. The number of likely N-dealkylation sites (N-methyl/N-ethyl adjacent to an activating group) is 1. The summed E-state index contributed by atoms with van der Waals surface area (Å²) in [6, 6.07) is 6.50. The average molecular weight is 420 g/mol. The molecule has 31 heavy (non-hydrogen) atoms. The number of nitrogens with one attached hydrogen (secondary N) is 1. The summed E-state index contributed by atoms with van der Waals surface area (Å²) in [7, 11) is 5.60. The largest absolute Gasteiger partial charge is 0.488 e. The molecule has 160 valence electrons. The molecule has 10 nitrogen and oxygen atoms in total. The number of likely N-dealkylation sites (tertiary alicyclic amines) is 1. The zero-order valence-electron chi connectivity index (χ0n) is 17.7. The zero-order valence-corrected chi connectivity index (χ0v) is 17.7. The molecule has 0 radical (unpaired) electrons. The van der Waals surface area contributed by atoms with Gasteiger partial charge in [-0.15, -0.1) is 0 Å². The number of aromatic nitrogens is 6. The van der Waals surface area contributed by atoms with Gasteiger partial charge < -0.3 is 14.8 Å². The van der Waals surface area contributed by atoms with Crippen LogP contribution in [0.2, 0.25) is 0 Å². The molecule has 0 unspecified atom stereocenters. The van der Waals surface area contributed by atoms with Crippen molar-refractivity contribution in [3.05, 3.63) is 43.0 Å². The van der Waals surface area contributed by atoms with Crippen LogP contribution in [-0.4, -0.2) is 67.6 Å². The number of nitrogens with zero attached hydrogens (tertiary/aromatic N) is 7. The molecule has 4 aromatic rings. The van der Waals surface area contributed by atoms with Crippen molar-refractivity contribution in [3.63, 3.8) is 0 Å². The van der Waals surface area contributed by atoms with Gasteiger partial charge in [0.2, 0.25) is 5.88 Å². The minimum Gasteiger partial charge on any atom is -0.488 e. The van der Waals surface area contributed by atoms with Crippen molar-refractivity contribution in [2.45, 2.75) is 12.5 Å². The molecule has 1 N–H and O–H groups in total. The number of hydrogen-bond donors (Lipinski definition) is 1. The predicted octanol–water partition coefficient (Wildman–Crippen LogP) is 2.36. The molecule has 1 aliphatic rings. The Bertz CT molecular complexity index is 1200. The molecule has 4 aromatic heterocycles. The van der Waals surface area contributed by atoms with E-state index in [0.29, 0.717) is 30.2 Å². The maximum Gasteiger partial charge on any atom is 0.232 e. The molecule has 0 saturated carbocycles. The standard InChI is InChI=1S/C21H24N8O2/c1-27-6-5-15(27)13-31-17-10-24-28(2)21(17)14-4-7-29-16(8-14)9-18(26-29)25-19-11-23-20(30-3)12-22-19/h4,7-12,15H,5-6,13H2,1-3H3,(H,22,25,26)/t15-/m1/s1. The number of rotatable bonds is 7. The van der Waals surface area contributed by atoms with Gasteiger partial charge in [0.05, 0.1) is 31.2 Å². The average Bonchev–Trinajstić information content (AvgIpc) is 3.35. The molecule has 0 spiro atoms. The minimum absolute atomic E-state index is 0.461. The monoisotopic (exact) mass is 420 g/mol. The third-order valence-corrected chi connectivity index (χ3v) is 5.60. The van der Waals surface area contributed by atoms with Crippen LogP contribution in [0.5, 0.6) is 11.6 Å². The number of hydrogen-bond acceptors (Lipinski definition) is 8. The summed E-state index contributed by atoms with van der Waals surface area (Å²) in [6.45, 7) is 1.80. The van der Waals surface area contributed by atoms with Gasteiger partial charge in [-0.05, 0) is 32.1 Å². The number of pyridine rings is 1. The second-order valence-corrected chi connectivity index (χ2v) is 7.60. The highest BCUT2D eigenvalue weighted by Gasteiger charge is 2.25. The molecule has 1 atom stereocenters. The Balaban J connectivity index is 1.38. The lowest BCUT2D eigenvalue weighted by atomic mass is 10.1. The lowest BCUT2D eigenvalue weighted by molar-refractivity contribution is 0.0771. The quantitative estimate of drug-likeness (QED) is 0.487. The summed E-state index contributed by atoms with van der Waals surface area (Å²) in [5, 5.41) is 12.1. The van der Waals surface area contributed by atoms with E-state index < -0.39 is 0 Å². The molecule has 1 aliphatic heterocycles. The molecule has 0 bridgehead atoms. The summed E-state index contributed by atoms with van der Waals surface area (Å²) < 4.78 is 14.8. The summed E-state index contributed by atoms with van der Waals surface area (Å²) in [6.07, 6.45) is 8.03. The van der Waals surface area contributed by atoms with Crippen LogP contribution in [-0.2, 0) is 7.05 Å². The maximum atomic E-state index is 6.12. The van der Waals surface area contributed by atoms with E-state index in [1.165, 1.54) is 6.42 Å². The normalized spacial score (nSPS) is 16.3. The number of fused-ring (bicyclic) bond motifs is 1. The van der Waals surface area contributed by atoms with Crippen LogP contribution < -0.4 is 14.8 Å². The first-order valence-electron chi connectivity index (χ1n) is 10.1. The highest BCUT2D eigenvalue weighted by molar-refractivity contribution is 5.72. The lowest BCUT2D eigenvalue weighted by Gasteiger charge is -2.37. The first-order valence-corrected chi connectivity index (χ1v) is 10.1. The number of methoxy groups -OCH3 is 1. The fourth-order valence-electron chi connectivity index (χ4n) is 3.64. The lowest BCUT2D eigenvalue weighted by Crippen LogP contribution is -2.48. The van der Waals surface area contributed by atoms with E-state index in [0.717, 1.165) is 29.1 Å². The van der Waals surface area contributed by atoms with Gasteiger partial charge in [0.25, 0.3) is 0 Å². The van der Waals surface area contributed by atoms with E-state index in [-0.39, 0.29) is 0 Å². The van der Waals surface area contributed by atoms with Crippen molar-refractivity contribution in [1.29, 1.82) is 0 Å². The molecule has 0 amide bonds. The maximum absolute atomic E-state index is 6.12. The van der Waals surface area contributed by atoms with Crippen LogP contribution in [0.25, 0.3) is 16.8 Å². The Morgan fingerprint density at radius 2 is 2.03 bits per heavy atom. The molecule has 0 aromatic carbocycles. The van der Waals surface area contributed by atoms with E-state index in [1.54, 1.807) is 25.7 Å². The van der Waals surface area contributed by atoms with Gasteiger partial charge in [-0.25, -0.2) is 14.5 Å². The van der Waals surface area contributed by atoms with Crippen molar-refractivity contribution >= 4 is 17.2 Å². The third kappa shape index (κ3) is 3.77. The molecule has 5 rings (SSSR count). The third-order valence-electron chi connectivity index (χ3n) is 5.60. The van der Waals surface area contributed by atoms with Crippen LogP contribution in [0, 0.1) is 0 Å². The van der Waals surface area contributed by atoms with Gasteiger partial charge in [-0.2, -0.15) is 10.2 Å².